The van der Waals surface area contributed by atoms with Gasteiger partial charge < -0.3 is 10.2 Å². The molecule has 0 spiro atoms. The minimum atomic E-state index is 0. The van der Waals surface area contributed by atoms with Crippen LogP contribution in [-0.4, -0.2) is 23.4 Å². The molecule has 0 aromatic rings. The maximum Gasteiger partial charge on any atom is 2.00 e. The van der Waals surface area contributed by atoms with Crippen LogP contribution < -0.4 is 0 Å². The largest absolute Gasteiger partial charge is 2.00 e. The summed E-state index contributed by atoms with van der Waals surface area (Å²) in [7, 11) is 0. The molecule has 0 aromatic carbocycles. The van der Waals surface area contributed by atoms with Crippen molar-refractivity contribution in [2.24, 2.45) is 0 Å². The van der Waals surface area contributed by atoms with Gasteiger partial charge in [-0.25, -0.2) is 23.3 Å². The summed E-state index contributed by atoms with van der Waals surface area (Å²) in [5, 5.41) is 16.9. The molecular formula is C16H24Cl2O2Zr. The summed E-state index contributed by atoms with van der Waals surface area (Å²) in [5.41, 5.74) is 2.51. The van der Waals surface area contributed by atoms with Gasteiger partial charge in [0.05, 0.1) is 0 Å². The Morgan fingerprint density at radius 1 is 0.810 bits per heavy atom. The Morgan fingerprint density at radius 3 is 1.43 bits per heavy atom. The smallest absolute Gasteiger partial charge is 0.396 e. The van der Waals surface area contributed by atoms with Gasteiger partial charge in [-0.3, -0.25) is 12.2 Å². The predicted molar refractivity (Wildman–Crippen MR) is 88.2 cm³/mol. The van der Waals surface area contributed by atoms with Gasteiger partial charge in [-0.1, -0.05) is 12.8 Å². The van der Waals surface area contributed by atoms with Crippen LogP contribution in [0.25, 0.3) is 0 Å². The van der Waals surface area contributed by atoms with Crippen molar-refractivity contribution in [3.63, 3.8) is 0 Å². The van der Waals surface area contributed by atoms with Crippen LogP contribution in [0.1, 0.15) is 38.5 Å². The van der Waals surface area contributed by atoms with Crippen molar-refractivity contribution in [3.8, 4) is 0 Å². The van der Waals surface area contributed by atoms with E-state index in [0.29, 0.717) is 13.2 Å². The van der Waals surface area contributed by atoms with E-state index in [-0.39, 0.29) is 51.0 Å². The molecule has 0 radical (unpaired) electrons. The van der Waals surface area contributed by atoms with Crippen molar-refractivity contribution in [2.45, 2.75) is 38.5 Å². The molecule has 2 aliphatic rings. The Hall–Kier alpha value is 0.343. The molecule has 0 fully saturated rings. The molecule has 21 heavy (non-hydrogen) atoms. The number of aliphatic hydroxyl groups is 2. The maximum atomic E-state index is 8.46. The summed E-state index contributed by atoms with van der Waals surface area (Å²) in [5.74, 6) is 0. The fourth-order valence-electron chi connectivity index (χ4n) is 1.78. The average molecular weight is 410 g/mol. The van der Waals surface area contributed by atoms with Gasteiger partial charge >= 0.3 is 26.2 Å². The van der Waals surface area contributed by atoms with Gasteiger partial charge in [0.15, 0.2) is 0 Å². The van der Waals surface area contributed by atoms with Crippen molar-refractivity contribution in [3.05, 3.63) is 47.6 Å². The Labute approximate surface area is 160 Å². The van der Waals surface area contributed by atoms with Crippen molar-refractivity contribution in [1.82, 2.24) is 0 Å². The van der Waals surface area contributed by atoms with Gasteiger partial charge in [0.2, 0.25) is 0 Å². The molecule has 2 rings (SSSR count). The number of rotatable bonds is 6. The minimum absolute atomic E-state index is 0. The van der Waals surface area contributed by atoms with Crippen LogP contribution in [-0.2, 0) is 26.2 Å². The number of allylic oxidation sites excluding steroid dienone is 8. The van der Waals surface area contributed by atoms with E-state index in [0.717, 1.165) is 38.5 Å². The maximum absolute atomic E-state index is 8.46. The molecule has 2 nitrogen and oxygen atoms in total. The van der Waals surface area contributed by atoms with Crippen LogP contribution in [0.15, 0.2) is 35.5 Å². The normalized spacial score (nSPS) is 14.0. The van der Waals surface area contributed by atoms with Crippen LogP contribution >= 0.6 is 24.8 Å². The minimum Gasteiger partial charge on any atom is -0.396 e. The number of hydrogen-bond donors (Lipinski definition) is 2. The third-order valence-corrected chi connectivity index (χ3v) is 2.74. The molecule has 5 heteroatoms. The standard InChI is InChI=1S/2C8H11O.2ClH.Zr/c2*9-7-3-6-8-4-1-2-5-8;;;/h2*1,4,9H,2-3,6-7H2;2*1H;/q2*-1;;;+2. The molecule has 0 unspecified atom stereocenters. The SMILES string of the molecule is Cl.Cl.OCCCC1=[C-]CC=C1.OCCCC1=[C-]CC=C1.[Zr+2]. The molecule has 0 heterocycles. The third-order valence-electron chi connectivity index (χ3n) is 2.74. The molecule has 0 atom stereocenters. The number of hydrogen-bond acceptors (Lipinski definition) is 2. The summed E-state index contributed by atoms with van der Waals surface area (Å²) in [6.45, 7) is 0.581. The first-order valence-electron chi connectivity index (χ1n) is 6.61. The Kier molecular flexibility index (Phi) is 23.0. The average Bonchev–Trinajstić information content (AvgIpc) is 3.07. The zero-order valence-corrected chi connectivity index (χ0v) is 16.3. The van der Waals surface area contributed by atoms with Gasteiger partial charge in [0.1, 0.15) is 0 Å². The fourth-order valence-corrected chi connectivity index (χ4v) is 1.78. The number of aliphatic hydroxyl groups excluding tert-OH is 2. The quantitative estimate of drug-likeness (QED) is 0.655. The van der Waals surface area contributed by atoms with E-state index in [4.69, 9.17) is 10.2 Å². The third kappa shape index (κ3) is 13.7. The predicted octanol–water partition coefficient (Wildman–Crippen LogP) is 3.74. The van der Waals surface area contributed by atoms with E-state index < -0.39 is 0 Å². The molecule has 0 saturated heterocycles. The van der Waals surface area contributed by atoms with Crippen molar-refractivity contribution >= 4 is 24.8 Å². The van der Waals surface area contributed by atoms with Gasteiger partial charge in [0, 0.05) is 13.2 Å². The van der Waals surface area contributed by atoms with Crippen molar-refractivity contribution < 1.29 is 36.4 Å². The molecular weight excluding hydrogens is 386 g/mol. The van der Waals surface area contributed by atoms with Gasteiger partial charge in [-0.05, 0) is 12.8 Å². The summed E-state index contributed by atoms with van der Waals surface area (Å²) in [4.78, 5) is 0. The van der Waals surface area contributed by atoms with Crippen LogP contribution in [0.5, 0.6) is 0 Å². The molecule has 0 amide bonds. The Morgan fingerprint density at radius 2 is 1.19 bits per heavy atom. The molecule has 118 valence electrons. The van der Waals surface area contributed by atoms with Crippen molar-refractivity contribution in [2.75, 3.05) is 13.2 Å². The fraction of sp³-hybridized carbons (Fsp3) is 0.500. The summed E-state index contributed by atoms with van der Waals surface area (Å²) >= 11 is 0. The molecule has 0 aromatic heterocycles. The van der Waals surface area contributed by atoms with E-state index in [1.807, 2.05) is 0 Å². The first-order valence-corrected chi connectivity index (χ1v) is 6.61. The second-order valence-electron chi connectivity index (χ2n) is 4.27. The van der Waals surface area contributed by atoms with E-state index in [9.17, 15) is 0 Å². The van der Waals surface area contributed by atoms with Crippen molar-refractivity contribution in [1.29, 1.82) is 0 Å². The topological polar surface area (TPSA) is 40.5 Å². The molecule has 0 bridgehead atoms. The van der Waals surface area contributed by atoms with Crippen LogP contribution in [0.2, 0.25) is 0 Å². The van der Waals surface area contributed by atoms with E-state index >= 15 is 0 Å². The molecule has 2 N–H and O–H groups in total. The Bertz CT molecular complexity index is 316. The van der Waals surface area contributed by atoms with E-state index in [1.165, 1.54) is 11.1 Å². The summed E-state index contributed by atoms with van der Waals surface area (Å²) < 4.78 is 0. The van der Waals surface area contributed by atoms with Crippen LogP contribution in [0, 0.1) is 12.2 Å². The summed E-state index contributed by atoms with van der Waals surface area (Å²) in [6.07, 6.45) is 20.3. The molecule has 0 aliphatic heterocycles. The Balaban J connectivity index is -0.000000270. The zero-order chi connectivity index (χ0) is 13.1. The summed E-state index contributed by atoms with van der Waals surface area (Å²) in [6, 6.07) is 0. The van der Waals surface area contributed by atoms with Gasteiger partial charge in [-0.15, -0.1) is 37.7 Å². The van der Waals surface area contributed by atoms with Crippen LogP contribution in [0.3, 0.4) is 0 Å². The first kappa shape index (κ1) is 26.3. The molecule has 2 aliphatic carbocycles. The first-order chi connectivity index (χ1) is 8.86. The second kappa shape index (κ2) is 18.4. The molecule has 0 saturated carbocycles. The monoisotopic (exact) mass is 408 g/mol. The van der Waals surface area contributed by atoms with Crippen LogP contribution in [0.4, 0.5) is 0 Å². The van der Waals surface area contributed by atoms with E-state index in [2.05, 4.69) is 36.5 Å². The van der Waals surface area contributed by atoms with E-state index in [1.54, 1.807) is 0 Å². The second-order valence-corrected chi connectivity index (χ2v) is 4.27. The van der Waals surface area contributed by atoms with Gasteiger partial charge in [-0.2, -0.15) is 12.2 Å². The van der Waals surface area contributed by atoms with Gasteiger partial charge in [0.25, 0.3) is 0 Å². The zero-order valence-electron chi connectivity index (χ0n) is 12.2. The number of halogens is 2.